The molecule has 1 heterocycles. The second-order valence-corrected chi connectivity index (χ2v) is 4.07. The number of nitrogens with zero attached hydrogens (tertiary/aromatic N) is 1. The van der Waals surface area contributed by atoms with Crippen molar-refractivity contribution in [3.8, 4) is 5.75 Å². The van der Waals surface area contributed by atoms with Crippen LogP contribution in [0.2, 0.25) is 0 Å². The van der Waals surface area contributed by atoms with Gasteiger partial charge in [0.15, 0.2) is 6.39 Å². The minimum Gasteiger partial charge on any atom is -0.496 e. The zero-order valence-electron chi connectivity index (χ0n) is 10.8. The largest absolute Gasteiger partial charge is 0.496 e. The van der Waals surface area contributed by atoms with E-state index in [1.165, 1.54) is 6.39 Å². The predicted molar refractivity (Wildman–Crippen MR) is 69.7 cm³/mol. The van der Waals surface area contributed by atoms with Gasteiger partial charge in [0.2, 0.25) is 5.91 Å². The van der Waals surface area contributed by atoms with Crippen molar-refractivity contribution in [1.29, 1.82) is 0 Å². The van der Waals surface area contributed by atoms with Gasteiger partial charge in [-0.05, 0) is 6.07 Å². The number of oxazole rings is 1. The molecule has 0 atom stereocenters. The van der Waals surface area contributed by atoms with E-state index in [1.807, 2.05) is 24.3 Å². The fourth-order valence-electron chi connectivity index (χ4n) is 1.73. The van der Waals surface area contributed by atoms with Crippen LogP contribution in [-0.4, -0.2) is 18.0 Å². The van der Waals surface area contributed by atoms with E-state index in [4.69, 9.17) is 9.15 Å². The summed E-state index contributed by atoms with van der Waals surface area (Å²) in [6, 6.07) is 7.61. The fourth-order valence-corrected chi connectivity index (χ4v) is 1.73. The zero-order chi connectivity index (χ0) is 13.5. The van der Waals surface area contributed by atoms with Crippen LogP contribution in [0.1, 0.15) is 17.7 Å². The molecule has 1 aromatic carbocycles. The molecule has 0 saturated heterocycles. The first kappa shape index (κ1) is 13.1. The highest BCUT2D eigenvalue weighted by molar-refractivity contribution is 5.76. The van der Waals surface area contributed by atoms with Crippen molar-refractivity contribution in [2.45, 2.75) is 19.4 Å². The maximum absolute atomic E-state index is 11.7. The summed E-state index contributed by atoms with van der Waals surface area (Å²) in [5.74, 6) is 0.758. The maximum Gasteiger partial charge on any atom is 0.220 e. The second kappa shape index (κ2) is 6.58. The van der Waals surface area contributed by atoms with Crippen molar-refractivity contribution in [2.75, 3.05) is 7.11 Å². The molecule has 2 rings (SSSR count). The molecule has 0 spiro atoms. The molecule has 1 aromatic heterocycles. The molecule has 0 fully saturated rings. The average molecular weight is 260 g/mol. The SMILES string of the molecule is COc1ccccc1CNC(=O)CCc1cocn1. The van der Waals surface area contributed by atoms with E-state index in [9.17, 15) is 4.79 Å². The summed E-state index contributed by atoms with van der Waals surface area (Å²) in [5, 5.41) is 2.86. The number of aromatic nitrogens is 1. The number of hydrogen-bond acceptors (Lipinski definition) is 4. The lowest BCUT2D eigenvalue weighted by Gasteiger charge is -2.09. The zero-order valence-corrected chi connectivity index (χ0v) is 10.8. The Hall–Kier alpha value is -2.30. The quantitative estimate of drug-likeness (QED) is 0.862. The Bertz CT molecular complexity index is 523. The van der Waals surface area contributed by atoms with Gasteiger partial charge in [-0.3, -0.25) is 4.79 Å². The number of carbonyl (C=O) groups is 1. The van der Waals surface area contributed by atoms with Crippen molar-refractivity contribution in [3.05, 3.63) is 48.2 Å². The topological polar surface area (TPSA) is 64.4 Å². The maximum atomic E-state index is 11.7. The summed E-state index contributed by atoms with van der Waals surface area (Å²) in [5.41, 5.74) is 1.74. The molecule has 5 heteroatoms. The van der Waals surface area contributed by atoms with Crippen molar-refractivity contribution in [2.24, 2.45) is 0 Å². The first-order valence-corrected chi connectivity index (χ1v) is 6.05. The molecular weight excluding hydrogens is 244 g/mol. The molecule has 0 unspecified atom stereocenters. The van der Waals surface area contributed by atoms with Crippen LogP contribution in [0.25, 0.3) is 0 Å². The Balaban J connectivity index is 1.80. The normalized spacial score (nSPS) is 10.2. The first-order valence-electron chi connectivity index (χ1n) is 6.05. The summed E-state index contributed by atoms with van der Waals surface area (Å²) in [6.45, 7) is 0.460. The van der Waals surface area contributed by atoms with Gasteiger partial charge in [-0.15, -0.1) is 0 Å². The number of ether oxygens (including phenoxy) is 1. The molecule has 100 valence electrons. The molecule has 19 heavy (non-hydrogen) atoms. The highest BCUT2D eigenvalue weighted by Gasteiger charge is 2.06. The van der Waals surface area contributed by atoms with Gasteiger partial charge in [-0.25, -0.2) is 4.98 Å². The number of amides is 1. The van der Waals surface area contributed by atoms with E-state index in [2.05, 4.69) is 10.3 Å². The highest BCUT2D eigenvalue weighted by Crippen LogP contribution is 2.16. The van der Waals surface area contributed by atoms with Gasteiger partial charge in [0.05, 0.1) is 12.8 Å². The number of nitrogens with one attached hydrogen (secondary N) is 1. The van der Waals surface area contributed by atoms with Gasteiger partial charge >= 0.3 is 0 Å². The minimum atomic E-state index is -0.0195. The highest BCUT2D eigenvalue weighted by atomic mass is 16.5. The van der Waals surface area contributed by atoms with Crippen LogP contribution in [0.15, 0.2) is 41.3 Å². The molecule has 5 nitrogen and oxygen atoms in total. The lowest BCUT2D eigenvalue weighted by molar-refractivity contribution is -0.121. The van der Waals surface area contributed by atoms with Gasteiger partial charge in [-0.2, -0.15) is 0 Å². The molecule has 1 amide bonds. The number of hydrogen-bond donors (Lipinski definition) is 1. The van der Waals surface area contributed by atoms with E-state index < -0.39 is 0 Å². The molecule has 0 aliphatic carbocycles. The number of methoxy groups -OCH3 is 1. The van der Waals surface area contributed by atoms with Gasteiger partial charge in [0.25, 0.3) is 0 Å². The van der Waals surface area contributed by atoms with Crippen LogP contribution in [0, 0.1) is 0 Å². The van der Waals surface area contributed by atoms with Gasteiger partial charge < -0.3 is 14.5 Å². The number of carbonyl (C=O) groups excluding carboxylic acids is 1. The smallest absolute Gasteiger partial charge is 0.220 e. The van der Waals surface area contributed by atoms with Crippen molar-refractivity contribution < 1.29 is 13.9 Å². The summed E-state index contributed by atoms with van der Waals surface area (Å²) < 4.78 is 10.1. The first-order chi connectivity index (χ1) is 9.29. The van der Waals surface area contributed by atoms with Crippen LogP contribution in [0.4, 0.5) is 0 Å². The van der Waals surface area contributed by atoms with Crippen molar-refractivity contribution in [1.82, 2.24) is 10.3 Å². The van der Waals surface area contributed by atoms with E-state index in [0.29, 0.717) is 19.4 Å². The summed E-state index contributed by atoms with van der Waals surface area (Å²) in [7, 11) is 1.62. The van der Waals surface area contributed by atoms with Gasteiger partial charge in [-0.1, -0.05) is 18.2 Å². The molecule has 0 saturated carbocycles. The van der Waals surface area contributed by atoms with Crippen LogP contribution >= 0.6 is 0 Å². The Morgan fingerprint density at radius 1 is 1.42 bits per heavy atom. The number of aryl methyl sites for hydroxylation is 1. The molecule has 1 N–H and O–H groups in total. The third kappa shape index (κ3) is 3.84. The van der Waals surface area contributed by atoms with Gasteiger partial charge in [0.1, 0.15) is 12.0 Å². The third-order valence-electron chi connectivity index (χ3n) is 2.76. The molecule has 0 aliphatic rings. The second-order valence-electron chi connectivity index (χ2n) is 4.07. The number of benzene rings is 1. The molecule has 2 aromatic rings. The van der Waals surface area contributed by atoms with Crippen molar-refractivity contribution >= 4 is 5.91 Å². The lowest BCUT2D eigenvalue weighted by atomic mass is 10.2. The predicted octanol–water partition coefficient (Wildman–Crippen LogP) is 1.93. The van der Waals surface area contributed by atoms with Crippen LogP contribution < -0.4 is 10.1 Å². The summed E-state index contributed by atoms with van der Waals surface area (Å²) in [6.07, 6.45) is 3.88. The van der Waals surface area contributed by atoms with Crippen molar-refractivity contribution in [3.63, 3.8) is 0 Å². The average Bonchev–Trinajstić information content (AvgIpc) is 2.96. The lowest BCUT2D eigenvalue weighted by Crippen LogP contribution is -2.23. The summed E-state index contributed by atoms with van der Waals surface area (Å²) >= 11 is 0. The van der Waals surface area contributed by atoms with Crippen LogP contribution in [-0.2, 0) is 17.8 Å². The van der Waals surface area contributed by atoms with Crippen LogP contribution in [0.5, 0.6) is 5.75 Å². The van der Waals surface area contributed by atoms with E-state index in [0.717, 1.165) is 17.0 Å². The Kier molecular flexibility index (Phi) is 4.55. The fraction of sp³-hybridized carbons (Fsp3) is 0.286. The Labute approximate surface area is 111 Å². The Morgan fingerprint density at radius 3 is 3.00 bits per heavy atom. The monoisotopic (exact) mass is 260 g/mol. The van der Waals surface area contributed by atoms with Gasteiger partial charge in [0, 0.05) is 24.9 Å². The molecule has 0 bridgehead atoms. The third-order valence-corrected chi connectivity index (χ3v) is 2.76. The van der Waals surface area contributed by atoms with E-state index in [-0.39, 0.29) is 5.91 Å². The number of rotatable bonds is 6. The van der Waals surface area contributed by atoms with E-state index in [1.54, 1.807) is 13.4 Å². The summed E-state index contributed by atoms with van der Waals surface area (Å²) in [4.78, 5) is 15.7. The molecule has 0 aliphatic heterocycles. The minimum absolute atomic E-state index is 0.0195. The number of para-hydroxylation sites is 1. The molecular formula is C14H16N2O3. The Morgan fingerprint density at radius 2 is 2.26 bits per heavy atom. The van der Waals surface area contributed by atoms with Crippen LogP contribution in [0.3, 0.4) is 0 Å². The molecule has 0 radical (unpaired) electrons. The van der Waals surface area contributed by atoms with E-state index >= 15 is 0 Å². The standard InChI is InChI=1S/C14H16N2O3/c1-18-13-5-3-2-4-11(13)8-15-14(17)7-6-12-9-19-10-16-12/h2-5,9-10H,6-8H2,1H3,(H,15,17).